The second-order valence-electron chi connectivity index (χ2n) is 6.17. The number of benzene rings is 2. The highest BCUT2D eigenvalue weighted by Gasteiger charge is 2.68. The standard InChI is InChI=1S/C19H12F4INO/c20-13-3-4-14(15(21)8-13)18(10-26-18)19(22,23)17-6-2-12-7-11(9-24)1-5-16(12)25-17/h1-8H,9-10H2. The van der Waals surface area contributed by atoms with E-state index >= 15 is 8.78 Å². The summed E-state index contributed by atoms with van der Waals surface area (Å²) in [6, 6.07) is 10.7. The molecule has 1 aliphatic rings. The lowest BCUT2D eigenvalue weighted by atomic mass is 9.90. The first kappa shape index (κ1) is 17.7. The van der Waals surface area contributed by atoms with E-state index in [1.165, 1.54) is 6.07 Å². The van der Waals surface area contributed by atoms with Gasteiger partial charge in [-0.25, -0.2) is 13.8 Å². The maximum atomic E-state index is 15.2. The Morgan fingerprint density at radius 3 is 2.50 bits per heavy atom. The van der Waals surface area contributed by atoms with Crippen LogP contribution in [-0.4, -0.2) is 11.6 Å². The van der Waals surface area contributed by atoms with E-state index in [0.29, 0.717) is 11.6 Å². The van der Waals surface area contributed by atoms with E-state index < -0.39 is 28.9 Å². The Morgan fingerprint density at radius 1 is 1.08 bits per heavy atom. The molecule has 2 aromatic carbocycles. The van der Waals surface area contributed by atoms with E-state index in [-0.39, 0.29) is 12.2 Å². The minimum absolute atomic E-state index is 0.365. The van der Waals surface area contributed by atoms with Gasteiger partial charge in [-0.2, -0.15) is 8.78 Å². The van der Waals surface area contributed by atoms with E-state index in [9.17, 15) is 8.78 Å². The maximum Gasteiger partial charge on any atom is 0.324 e. The molecule has 1 unspecified atom stereocenters. The number of epoxide rings is 1. The average molecular weight is 473 g/mol. The van der Waals surface area contributed by atoms with Crippen molar-refractivity contribution < 1.29 is 22.3 Å². The number of alkyl halides is 3. The zero-order valence-electron chi connectivity index (χ0n) is 13.3. The monoisotopic (exact) mass is 473 g/mol. The summed E-state index contributed by atoms with van der Waals surface area (Å²) >= 11 is 2.22. The van der Waals surface area contributed by atoms with Gasteiger partial charge in [0.2, 0.25) is 0 Å². The number of halogens is 5. The highest BCUT2D eigenvalue weighted by atomic mass is 127. The van der Waals surface area contributed by atoms with Gasteiger partial charge in [0.15, 0.2) is 5.60 Å². The topological polar surface area (TPSA) is 25.4 Å². The Bertz CT molecular complexity index is 1000. The Morgan fingerprint density at radius 2 is 1.85 bits per heavy atom. The summed E-state index contributed by atoms with van der Waals surface area (Å²) in [4.78, 5) is 4.07. The van der Waals surface area contributed by atoms with Gasteiger partial charge in [0.05, 0.1) is 12.1 Å². The molecule has 0 saturated carbocycles. The molecule has 0 N–H and O–H groups in total. The minimum atomic E-state index is -3.57. The number of ether oxygens (including phenoxy) is 1. The fraction of sp³-hybridized carbons (Fsp3) is 0.211. The molecule has 0 amide bonds. The number of aromatic nitrogens is 1. The lowest BCUT2D eigenvalue weighted by Crippen LogP contribution is -2.34. The van der Waals surface area contributed by atoms with Crippen LogP contribution in [0, 0.1) is 11.6 Å². The first-order chi connectivity index (χ1) is 12.4. The van der Waals surface area contributed by atoms with Gasteiger partial charge in [-0.05, 0) is 35.9 Å². The van der Waals surface area contributed by atoms with Gasteiger partial charge in [0, 0.05) is 21.4 Å². The predicted octanol–water partition coefficient (Wildman–Crippen LogP) is 5.47. The van der Waals surface area contributed by atoms with Crippen molar-refractivity contribution in [3.63, 3.8) is 0 Å². The second kappa shape index (κ2) is 6.16. The molecule has 1 fully saturated rings. The summed E-state index contributed by atoms with van der Waals surface area (Å²) in [5.41, 5.74) is -1.55. The lowest BCUT2D eigenvalue weighted by Gasteiger charge is -2.24. The van der Waals surface area contributed by atoms with Crippen molar-refractivity contribution in [3.05, 3.63) is 77.0 Å². The third-order valence-electron chi connectivity index (χ3n) is 4.54. The number of hydrogen-bond acceptors (Lipinski definition) is 2. The highest BCUT2D eigenvalue weighted by Crippen LogP contribution is 2.56. The average Bonchev–Trinajstić information content (AvgIpc) is 3.43. The van der Waals surface area contributed by atoms with Crippen molar-refractivity contribution in [1.29, 1.82) is 0 Å². The number of pyridine rings is 1. The van der Waals surface area contributed by atoms with Crippen LogP contribution in [0.25, 0.3) is 10.9 Å². The van der Waals surface area contributed by atoms with E-state index in [0.717, 1.165) is 27.5 Å². The van der Waals surface area contributed by atoms with Crippen LogP contribution in [0.15, 0.2) is 48.5 Å². The van der Waals surface area contributed by atoms with Crippen molar-refractivity contribution in [2.75, 3.05) is 6.61 Å². The van der Waals surface area contributed by atoms with Crippen LogP contribution in [0.4, 0.5) is 17.6 Å². The summed E-state index contributed by atoms with van der Waals surface area (Å²) in [5.74, 6) is -5.46. The van der Waals surface area contributed by atoms with Gasteiger partial charge in [-0.1, -0.05) is 34.7 Å². The van der Waals surface area contributed by atoms with Crippen molar-refractivity contribution in [1.82, 2.24) is 4.98 Å². The normalized spacial score (nSPS) is 19.7. The van der Waals surface area contributed by atoms with Crippen LogP contribution < -0.4 is 0 Å². The fourth-order valence-corrected chi connectivity index (χ4v) is 3.51. The summed E-state index contributed by atoms with van der Waals surface area (Å²) < 4.78 is 63.4. The second-order valence-corrected chi connectivity index (χ2v) is 6.93. The van der Waals surface area contributed by atoms with Gasteiger partial charge in [0.1, 0.15) is 17.3 Å². The summed E-state index contributed by atoms with van der Waals surface area (Å²) in [5, 5.41) is 0.748. The van der Waals surface area contributed by atoms with Crippen LogP contribution in [0.1, 0.15) is 16.8 Å². The first-order valence-electron chi connectivity index (χ1n) is 7.81. The predicted molar refractivity (Wildman–Crippen MR) is 97.3 cm³/mol. The molecule has 0 spiro atoms. The largest absolute Gasteiger partial charge is 0.357 e. The highest BCUT2D eigenvalue weighted by molar-refractivity contribution is 14.1. The van der Waals surface area contributed by atoms with E-state index in [1.54, 1.807) is 12.1 Å². The number of fused-ring (bicyclic) bond motifs is 1. The van der Waals surface area contributed by atoms with Gasteiger partial charge < -0.3 is 4.74 Å². The molecular weight excluding hydrogens is 461 g/mol. The first-order valence-corrected chi connectivity index (χ1v) is 9.33. The molecule has 1 atom stereocenters. The molecule has 26 heavy (non-hydrogen) atoms. The van der Waals surface area contributed by atoms with E-state index in [4.69, 9.17) is 4.74 Å². The smallest absolute Gasteiger partial charge is 0.324 e. The number of rotatable bonds is 4. The minimum Gasteiger partial charge on any atom is -0.357 e. The lowest BCUT2D eigenvalue weighted by molar-refractivity contribution is -0.0899. The van der Waals surface area contributed by atoms with Crippen LogP contribution in [0.2, 0.25) is 0 Å². The number of hydrogen-bond donors (Lipinski definition) is 0. The Labute approximate surface area is 160 Å². The molecule has 0 bridgehead atoms. The third-order valence-corrected chi connectivity index (χ3v) is 5.42. The van der Waals surface area contributed by atoms with E-state index in [1.807, 2.05) is 12.1 Å². The number of nitrogens with zero attached hydrogens (tertiary/aromatic N) is 1. The Balaban J connectivity index is 1.79. The van der Waals surface area contributed by atoms with Crippen molar-refractivity contribution in [2.24, 2.45) is 0 Å². The molecule has 0 aliphatic carbocycles. The van der Waals surface area contributed by atoms with Gasteiger partial charge in [-0.15, -0.1) is 0 Å². The molecule has 7 heteroatoms. The van der Waals surface area contributed by atoms with Gasteiger partial charge in [0.25, 0.3) is 0 Å². The fourth-order valence-electron chi connectivity index (χ4n) is 3.03. The SMILES string of the molecule is Fc1ccc(C2(C(F)(F)c3ccc4cc(CI)ccc4n3)CO2)c(F)c1. The summed E-state index contributed by atoms with van der Waals surface area (Å²) in [7, 11) is 0. The molecule has 1 aliphatic heterocycles. The van der Waals surface area contributed by atoms with Crippen molar-refractivity contribution in [2.45, 2.75) is 16.0 Å². The molecule has 134 valence electrons. The van der Waals surface area contributed by atoms with Crippen molar-refractivity contribution >= 4 is 33.5 Å². The molecule has 1 saturated heterocycles. The Hall–Kier alpha value is -1.74. The molecule has 1 aromatic heterocycles. The quantitative estimate of drug-likeness (QED) is 0.218. The summed E-state index contributed by atoms with van der Waals surface area (Å²) in [6.45, 7) is -0.365. The summed E-state index contributed by atoms with van der Waals surface area (Å²) in [6.07, 6.45) is 0. The molecule has 2 heterocycles. The molecule has 0 radical (unpaired) electrons. The zero-order valence-corrected chi connectivity index (χ0v) is 15.4. The molecule has 2 nitrogen and oxygen atoms in total. The molecule has 3 aromatic rings. The van der Waals surface area contributed by atoms with Crippen LogP contribution in [-0.2, 0) is 20.7 Å². The Kier molecular flexibility index (Phi) is 4.18. The van der Waals surface area contributed by atoms with E-state index in [2.05, 4.69) is 27.6 Å². The van der Waals surface area contributed by atoms with Crippen LogP contribution in [0.3, 0.4) is 0 Å². The van der Waals surface area contributed by atoms with Crippen LogP contribution in [0.5, 0.6) is 0 Å². The van der Waals surface area contributed by atoms with Gasteiger partial charge in [-0.3, -0.25) is 0 Å². The van der Waals surface area contributed by atoms with Crippen molar-refractivity contribution in [3.8, 4) is 0 Å². The third kappa shape index (κ3) is 2.68. The molecular formula is C19H12F4INO. The maximum absolute atomic E-state index is 15.2. The van der Waals surface area contributed by atoms with Crippen LogP contribution >= 0.6 is 22.6 Å². The molecule has 4 rings (SSSR count). The van der Waals surface area contributed by atoms with Gasteiger partial charge >= 0.3 is 5.92 Å². The zero-order chi connectivity index (χ0) is 18.5.